The Morgan fingerprint density at radius 3 is 2.26 bits per heavy atom. The van der Waals surface area contributed by atoms with E-state index in [1.54, 1.807) is 13.0 Å². The Labute approximate surface area is 129 Å². The molecule has 2 aromatic rings. The predicted molar refractivity (Wildman–Crippen MR) is 76.5 cm³/mol. The highest BCUT2D eigenvalue weighted by Gasteiger charge is 2.39. The summed E-state index contributed by atoms with van der Waals surface area (Å²) in [5, 5.41) is 11.5. The number of hydrogen-bond acceptors (Lipinski definition) is 2. The highest BCUT2D eigenvalue weighted by molar-refractivity contribution is 6.05. The van der Waals surface area contributed by atoms with Crippen LogP contribution in [0.4, 0.5) is 23.2 Å². The van der Waals surface area contributed by atoms with Crippen LogP contribution < -0.4 is 5.32 Å². The van der Waals surface area contributed by atoms with Gasteiger partial charge in [0.1, 0.15) is 5.82 Å². The zero-order valence-electron chi connectivity index (χ0n) is 12.0. The third kappa shape index (κ3) is 3.87. The molecule has 0 aliphatic rings. The van der Waals surface area contributed by atoms with Crippen molar-refractivity contribution in [2.24, 2.45) is 0 Å². The number of anilines is 1. The Morgan fingerprint density at radius 2 is 1.74 bits per heavy atom. The van der Waals surface area contributed by atoms with E-state index in [2.05, 4.69) is 5.32 Å². The molecule has 0 spiro atoms. The van der Waals surface area contributed by atoms with E-state index in [4.69, 9.17) is 5.11 Å². The molecule has 0 fully saturated rings. The molecule has 2 aromatic carbocycles. The molecule has 1 unspecified atom stereocenters. The maximum absolute atomic E-state index is 13.7. The molecule has 2 rings (SSSR count). The van der Waals surface area contributed by atoms with Gasteiger partial charge in [-0.2, -0.15) is 13.2 Å². The standard InChI is InChI=1S/C16H13F4NO2/c1-9-3-2-4-12(17)13(9)15(23)21-11-7-5-10(6-8-11)14(22)16(18,19)20/h2-8,14,22H,1H3,(H,21,23). The number of aliphatic hydroxyl groups excluding tert-OH is 1. The van der Waals surface area contributed by atoms with Gasteiger partial charge >= 0.3 is 6.18 Å². The summed E-state index contributed by atoms with van der Waals surface area (Å²) in [6.07, 6.45) is -7.37. The minimum atomic E-state index is -4.77. The van der Waals surface area contributed by atoms with Crippen LogP contribution in [0.5, 0.6) is 0 Å². The van der Waals surface area contributed by atoms with Crippen LogP contribution in [0.3, 0.4) is 0 Å². The molecule has 1 amide bonds. The van der Waals surface area contributed by atoms with Crippen molar-refractivity contribution in [3.8, 4) is 0 Å². The van der Waals surface area contributed by atoms with Crippen LogP contribution in [0.2, 0.25) is 0 Å². The predicted octanol–water partition coefficient (Wildman–Crippen LogP) is 3.98. The summed E-state index contributed by atoms with van der Waals surface area (Å²) < 4.78 is 50.9. The Bertz CT molecular complexity index is 691. The number of carbonyl (C=O) groups excluding carboxylic acids is 1. The summed E-state index contributed by atoms with van der Waals surface area (Å²) >= 11 is 0. The summed E-state index contributed by atoms with van der Waals surface area (Å²) in [6.45, 7) is 1.57. The van der Waals surface area contributed by atoms with Gasteiger partial charge in [0.2, 0.25) is 0 Å². The van der Waals surface area contributed by atoms with Crippen molar-refractivity contribution in [3.63, 3.8) is 0 Å². The SMILES string of the molecule is Cc1cccc(F)c1C(=O)Nc1ccc(C(O)C(F)(F)F)cc1. The van der Waals surface area contributed by atoms with Gasteiger partial charge in [0.05, 0.1) is 5.56 Å². The topological polar surface area (TPSA) is 49.3 Å². The van der Waals surface area contributed by atoms with Crippen LogP contribution in [0.1, 0.15) is 27.6 Å². The van der Waals surface area contributed by atoms with Gasteiger partial charge in [0.25, 0.3) is 5.91 Å². The average molecular weight is 327 g/mol. The number of rotatable bonds is 3. The van der Waals surface area contributed by atoms with E-state index in [1.165, 1.54) is 18.2 Å². The third-order valence-electron chi connectivity index (χ3n) is 3.24. The molecule has 1 atom stereocenters. The van der Waals surface area contributed by atoms with Gasteiger partial charge < -0.3 is 10.4 Å². The van der Waals surface area contributed by atoms with E-state index >= 15 is 0 Å². The van der Waals surface area contributed by atoms with Crippen LogP contribution >= 0.6 is 0 Å². The molecule has 0 aliphatic heterocycles. The van der Waals surface area contributed by atoms with Crippen molar-refractivity contribution < 1.29 is 27.5 Å². The van der Waals surface area contributed by atoms with Crippen molar-refractivity contribution in [2.45, 2.75) is 19.2 Å². The first-order chi connectivity index (χ1) is 10.7. The van der Waals surface area contributed by atoms with Gasteiger partial charge in [0.15, 0.2) is 6.10 Å². The lowest BCUT2D eigenvalue weighted by molar-refractivity contribution is -0.206. The normalized spacial score (nSPS) is 12.8. The van der Waals surface area contributed by atoms with Gasteiger partial charge in [-0.25, -0.2) is 4.39 Å². The summed E-state index contributed by atoms with van der Waals surface area (Å²) in [6, 6.07) is 8.68. The second-order valence-corrected chi connectivity index (χ2v) is 4.95. The molecule has 0 aliphatic carbocycles. The van der Waals surface area contributed by atoms with Gasteiger partial charge in [-0.15, -0.1) is 0 Å². The number of halogens is 4. The molecule has 0 heterocycles. The van der Waals surface area contributed by atoms with E-state index < -0.39 is 24.0 Å². The van der Waals surface area contributed by atoms with Crippen molar-refractivity contribution in [2.75, 3.05) is 5.32 Å². The van der Waals surface area contributed by atoms with Crippen molar-refractivity contribution >= 4 is 11.6 Å². The smallest absolute Gasteiger partial charge is 0.379 e. The number of aryl methyl sites for hydroxylation is 1. The van der Waals surface area contributed by atoms with Gasteiger partial charge in [0, 0.05) is 5.69 Å². The molecule has 7 heteroatoms. The molecule has 0 bridgehead atoms. The van der Waals surface area contributed by atoms with Crippen LogP contribution in [0.25, 0.3) is 0 Å². The average Bonchev–Trinajstić information content (AvgIpc) is 2.46. The summed E-state index contributed by atoms with van der Waals surface area (Å²) in [5.74, 6) is -1.39. The number of amides is 1. The monoisotopic (exact) mass is 327 g/mol. The molecule has 23 heavy (non-hydrogen) atoms. The van der Waals surface area contributed by atoms with E-state index in [-0.39, 0.29) is 16.8 Å². The maximum atomic E-state index is 13.7. The van der Waals surface area contributed by atoms with Crippen LogP contribution in [0, 0.1) is 12.7 Å². The summed E-state index contributed by atoms with van der Waals surface area (Å²) in [4.78, 5) is 12.1. The molecule has 3 nitrogen and oxygen atoms in total. The lowest BCUT2D eigenvalue weighted by atomic mass is 10.1. The van der Waals surface area contributed by atoms with Crippen LogP contribution in [0.15, 0.2) is 42.5 Å². The largest absolute Gasteiger partial charge is 0.418 e. The Kier molecular flexibility index (Phi) is 4.70. The van der Waals surface area contributed by atoms with Gasteiger partial charge in [-0.3, -0.25) is 4.79 Å². The number of carbonyl (C=O) groups is 1. The Hall–Kier alpha value is -2.41. The Balaban J connectivity index is 2.17. The van der Waals surface area contributed by atoms with Crippen molar-refractivity contribution in [3.05, 3.63) is 65.0 Å². The zero-order valence-corrected chi connectivity index (χ0v) is 12.0. The number of benzene rings is 2. The molecule has 0 saturated heterocycles. The first-order valence-corrected chi connectivity index (χ1v) is 6.61. The van der Waals surface area contributed by atoms with Crippen LogP contribution in [-0.2, 0) is 0 Å². The van der Waals surface area contributed by atoms with Gasteiger partial charge in [-0.05, 0) is 36.2 Å². The first kappa shape index (κ1) is 17.0. The molecule has 122 valence electrons. The fraction of sp³-hybridized carbons (Fsp3) is 0.188. The fourth-order valence-corrected chi connectivity index (χ4v) is 2.05. The fourth-order valence-electron chi connectivity index (χ4n) is 2.05. The quantitative estimate of drug-likeness (QED) is 0.838. The van der Waals surface area contributed by atoms with E-state index in [0.29, 0.717) is 5.56 Å². The van der Waals surface area contributed by atoms with Crippen molar-refractivity contribution in [1.82, 2.24) is 0 Å². The molecule has 0 saturated carbocycles. The maximum Gasteiger partial charge on any atom is 0.418 e. The lowest BCUT2D eigenvalue weighted by Crippen LogP contribution is -2.20. The molecule has 0 aromatic heterocycles. The molecular weight excluding hydrogens is 314 g/mol. The minimum Gasteiger partial charge on any atom is -0.379 e. The number of nitrogens with one attached hydrogen (secondary N) is 1. The van der Waals surface area contributed by atoms with Crippen LogP contribution in [-0.4, -0.2) is 17.2 Å². The summed E-state index contributed by atoms with van der Waals surface area (Å²) in [7, 11) is 0. The van der Waals surface area contributed by atoms with E-state index in [9.17, 15) is 22.4 Å². The number of hydrogen-bond donors (Lipinski definition) is 2. The highest BCUT2D eigenvalue weighted by atomic mass is 19.4. The number of alkyl halides is 3. The number of aliphatic hydroxyl groups is 1. The minimum absolute atomic E-state index is 0.132. The zero-order chi connectivity index (χ0) is 17.2. The second-order valence-electron chi connectivity index (χ2n) is 4.95. The Morgan fingerprint density at radius 1 is 1.13 bits per heavy atom. The first-order valence-electron chi connectivity index (χ1n) is 6.61. The third-order valence-corrected chi connectivity index (χ3v) is 3.24. The van der Waals surface area contributed by atoms with E-state index in [1.807, 2.05) is 0 Å². The lowest BCUT2D eigenvalue weighted by Gasteiger charge is -2.15. The molecule has 2 N–H and O–H groups in total. The second kappa shape index (κ2) is 6.37. The highest BCUT2D eigenvalue weighted by Crippen LogP contribution is 2.32. The molecule has 0 radical (unpaired) electrons. The van der Waals surface area contributed by atoms with Crippen molar-refractivity contribution in [1.29, 1.82) is 0 Å². The van der Waals surface area contributed by atoms with Gasteiger partial charge in [-0.1, -0.05) is 24.3 Å². The molecular formula is C16H13F4NO2. The summed E-state index contributed by atoms with van der Waals surface area (Å²) in [5.41, 5.74) is 0.145. The van der Waals surface area contributed by atoms with E-state index in [0.717, 1.165) is 18.2 Å².